The summed E-state index contributed by atoms with van der Waals surface area (Å²) < 4.78 is 31.9. The predicted molar refractivity (Wildman–Crippen MR) is 115 cm³/mol. The van der Waals surface area contributed by atoms with Crippen LogP contribution in [-0.2, 0) is 16.6 Å². The molecule has 32 heavy (non-hydrogen) atoms. The van der Waals surface area contributed by atoms with E-state index in [2.05, 4.69) is 5.32 Å². The Balaban J connectivity index is 1.53. The lowest BCUT2D eigenvalue weighted by Crippen LogP contribution is -2.26. The van der Waals surface area contributed by atoms with Gasteiger partial charge in [-0.15, -0.1) is 0 Å². The van der Waals surface area contributed by atoms with E-state index in [0.717, 1.165) is 9.21 Å². The van der Waals surface area contributed by atoms with Crippen LogP contribution in [0.1, 0.15) is 36.8 Å². The molecule has 1 aliphatic rings. The highest BCUT2D eigenvalue weighted by atomic mass is 32.2. The van der Waals surface area contributed by atoms with Crippen LogP contribution < -0.4 is 5.32 Å². The fourth-order valence-corrected chi connectivity index (χ4v) is 4.50. The van der Waals surface area contributed by atoms with E-state index < -0.39 is 27.7 Å². The maximum Gasteiger partial charge on any atom is 0.263 e. The van der Waals surface area contributed by atoms with Crippen molar-refractivity contribution < 1.29 is 27.2 Å². The van der Waals surface area contributed by atoms with Gasteiger partial charge in [0.1, 0.15) is 5.76 Å². The van der Waals surface area contributed by atoms with Crippen LogP contribution in [0.4, 0.5) is 5.69 Å². The summed E-state index contributed by atoms with van der Waals surface area (Å²) in [5.74, 6) is -0.974. The predicted octanol–water partition coefficient (Wildman–Crippen LogP) is 2.58. The number of carbonyl (C=O) groups is 3. The Morgan fingerprint density at radius 1 is 1.03 bits per heavy atom. The van der Waals surface area contributed by atoms with Crippen molar-refractivity contribution in [3.05, 3.63) is 83.3 Å². The molecule has 0 radical (unpaired) electrons. The molecule has 3 aromatic rings. The highest BCUT2D eigenvalue weighted by Crippen LogP contribution is 2.29. The van der Waals surface area contributed by atoms with Crippen LogP contribution in [0, 0.1) is 0 Å². The summed E-state index contributed by atoms with van der Waals surface area (Å²) in [6, 6.07) is 13.4. The van der Waals surface area contributed by atoms with Gasteiger partial charge in [-0.1, -0.05) is 6.07 Å². The number of benzene rings is 2. The number of fused-ring (bicyclic) bond motifs is 1. The molecule has 0 atom stereocenters. The zero-order valence-electron chi connectivity index (χ0n) is 17.2. The van der Waals surface area contributed by atoms with Crippen molar-refractivity contribution in [3.63, 3.8) is 0 Å². The number of sulfonamides is 1. The number of nitrogens with zero attached hydrogens (tertiary/aromatic N) is 2. The van der Waals surface area contributed by atoms with Crippen LogP contribution in [-0.4, -0.2) is 49.4 Å². The van der Waals surface area contributed by atoms with Gasteiger partial charge in [-0.05, 0) is 48.5 Å². The Morgan fingerprint density at radius 2 is 1.75 bits per heavy atom. The normalized spacial score (nSPS) is 13.5. The first-order chi connectivity index (χ1) is 15.2. The quantitative estimate of drug-likeness (QED) is 0.574. The second-order valence-corrected chi connectivity index (χ2v) is 9.26. The van der Waals surface area contributed by atoms with E-state index >= 15 is 0 Å². The molecule has 1 aliphatic heterocycles. The number of hydrogen-bond acceptors (Lipinski definition) is 6. The smallest absolute Gasteiger partial charge is 0.263 e. The molecule has 3 amide bonds. The Kier molecular flexibility index (Phi) is 5.41. The molecule has 0 aliphatic carbocycles. The van der Waals surface area contributed by atoms with Gasteiger partial charge >= 0.3 is 0 Å². The molecule has 0 saturated carbocycles. The number of rotatable bonds is 6. The van der Waals surface area contributed by atoms with Crippen LogP contribution in [0.3, 0.4) is 0 Å². The molecule has 0 spiro atoms. The van der Waals surface area contributed by atoms with Crippen LogP contribution in [0.5, 0.6) is 0 Å². The van der Waals surface area contributed by atoms with Crippen molar-refractivity contribution in [2.24, 2.45) is 0 Å². The van der Waals surface area contributed by atoms with Crippen LogP contribution in [0.25, 0.3) is 0 Å². The number of amides is 3. The Labute approximate surface area is 184 Å². The SMILES string of the molecule is CN1C(=O)c2cccc(NC(=O)c3ccc(S(=O)(=O)N(C)Cc4ccco4)cc3)c2C1=O. The van der Waals surface area contributed by atoms with E-state index in [-0.39, 0.29) is 33.8 Å². The monoisotopic (exact) mass is 453 g/mol. The maximum absolute atomic E-state index is 12.8. The molecule has 2 aromatic carbocycles. The topological polar surface area (TPSA) is 117 Å². The Bertz CT molecular complexity index is 1310. The Morgan fingerprint density at radius 3 is 2.41 bits per heavy atom. The second kappa shape index (κ2) is 8.06. The number of anilines is 1. The van der Waals surface area contributed by atoms with E-state index in [1.165, 1.54) is 56.8 Å². The van der Waals surface area contributed by atoms with Gasteiger partial charge in [-0.3, -0.25) is 19.3 Å². The molecule has 164 valence electrons. The average Bonchev–Trinajstić information content (AvgIpc) is 3.37. The fourth-order valence-electron chi connectivity index (χ4n) is 3.37. The first-order valence-electron chi connectivity index (χ1n) is 9.55. The summed E-state index contributed by atoms with van der Waals surface area (Å²) in [4.78, 5) is 38.2. The van der Waals surface area contributed by atoms with Crippen molar-refractivity contribution in [1.82, 2.24) is 9.21 Å². The molecule has 0 bridgehead atoms. The lowest BCUT2D eigenvalue weighted by molar-refractivity contribution is 0.0693. The molecule has 10 heteroatoms. The molecule has 0 saturated heterocycles. The average molecular weight is 453 g/mol. The molecule has 9 nitrogen and oxygen atoms in total. The first-order valence-corrected chi connectivity index (χ1v) is 11.0. The van der Waals surface area contributed by atoms with Gasteiger partial charge < -0.3 is 9.73 Å². The van der Waals surface area contributed by atoms with Crippen molar-refractivity contribution >= 4 is 33.4 Å². The fraction of sp³-hybridized carbons (Fsp3) is 0.136. The molecule has 4 rings (SSSR count). The summed E-state index contributed by atoms with van der Waals surface area (Å²) in [7, 11) is -0.982. The van der Waals surface area contributed by atoms with Gasteiger partial charge in [0, 0.05) is 19.7 Å². The number of furan rings is 1. The molecule has 1 aromatic heterocycles. The van der Waals surface area contributed by atoms with Crippen molar-refractivity contribution in [2.45, 2.75) is 11.4 Å². The van der Waals surface area contributed by atoms with E-state index in [9.17, 15) is 22.8 Å². The van der Waals surface area contributed by atoms with Crippen molar-refractivity contribution in [2.75, 3.05) is 19.4 Å². The third kappa shape index (κ3) is 3.70. The van der Waals surface area contributed by atoms with E-state index in [1.807, 2.05) is 0 Å². The summed E-state index contributed by atoms with van der Waals surface area (Å²) in [6.45, 7) is 0.0673. The third-order valence-electron chi connectivity index (χ3n) is 5.15. The van der Waals surface area contributed by atoms with Gasteiger partial charge in [0.05, 0.1) is 34.5 Å². The second-order valence-electron chi connectivity index (χ2n) is 7.22. The summed E-state index contributed by atoms with van der Waals surface area (Å²) in [5.41, 5.74) is 0.758. The maximum atomic E-state index is 12.8. The summed E-state index contributed by atoms with van der Waals surface area (Å²) >= 11 is 0. The van der Waals surface area contributed by atoms with E-state index in [4.69, 9.17) is 4.42 Å². The van der Waals surface area contributed by atoms with E-state index in [1.54, 1.807) is 18.2 Å². The van der Waals surface area contributed by atoms with Gasteiger partial charge in [-0.25, -0.2) is 8.42 Å². The van der Waals surface area contributed by atoms with Crippen LogP contribution in [0.2, 0.25) is 0 Å². The first kappa shape index (κ1) is 21.5. The van der Waals surface area contributed by atoms with Gasteiger partial charge in [-0.2, -0.15) is 4.31 Å². The largest absolute Gasteiger partial charge is 0.468 e. The molecule has 0 fully saturated rings. The lowest BCUT2D eigenvalue weighted by atomic mass is 10.1. The summed E-state index contributed by atoms with van der Waals surface area (Å²) in [6.07, 6.45) is 1.47. The van der Waals surface area contributed by atoms with E-state index in [0.29, 0.717) is 5.76 Å². The standard InChI is InChI=1S/C22H19N3O6S/c1-24(13-15-5-4-12-31-15)32(29,30)16-10-8-14(9-11-16)20(26)23-18-7-3-6-17-19(18)22(28)25(2)21(17)27/h3-12H,13H2,1-2H3,(H,23,26). The summed E-state index contributed by atoms with van der Waals surface area (Å²) in [5, 5.41) is 2.63. The molecule has 1 N–H and O–H groups in total. The third-order valence-corrected chi connectivity index (χ3v) is 6.97. The minimum atomic E-state index is -3.79. The van der Waals surface area contributed by atoms with Crippen LogP contribution >= 0.6 is 0 Å². The van der Waals surface area contributed by atoms with Gasteiger partial charge in [0.2, 0.25) is 10.0 Å². The highest BCUT2D eigenvalue weighted by molar-refractivity contribution is 7.89. The number of hydrogen-bond donors (Lipinski definition) is 1. The lowest BCUT2D eigenvalue weighted by Gasteiger charge is -2.16. The molecule has 2 heterocycles. The molecule has 0 unspecified atom stereocenters. The zero-order valence-corrected chi connectivity index (χ0v) is 18.0. The highest BCUT2D eigenvalue weighted by Gasteiger charge is 2.35. The minimum Gasteiger partial charge on any atom is -0.468 e. The zero-order chi connectivity index (χ0) is 23.0. The number of nitrogens with one attached hydrogen (secondary N) is 1. The minimum absolute atomic E-state index is 0.0195. The number of carbonyl (C=O) groups excluding carboxylic acids is 3. The van der Waals surface area contributed by atoms with Gasteiger partial charge in [0.15, 0.2) is 0 Å². The molecular formula is C22H19N3O6S. The van der Waals surface area contributed by atoms with Crippen molar-refractivity contribution in [3.8, 4) is 0 Å². The van der Waals surface area contributed by atoms with Crippen molar-refractivity contribution in [1.29, 1.82) is 0 Å². The van der Waals surface area contributed by atoms with Gasteiger partial charge in [0.25, 0.3) is 17.7 Å². The molecular weight excluding hydrogens is 434 g/mol. The Hall–Kier alpha value is -3.76. The number of imide groups is 1. The van der Waals surface area contributed by atoms with Crippen LogP contribution in [0.15, 0.2) is 70.2 Å².